The SMILES string of the molecule is Cc1cccc(NC(=O)c2n[nH]c(C3CC3)c2N)c1C#N. The number of aromatic nitrogens is 2. The monoisotopic (exact) mass is 281 g/mol. The van der Waals surface area contributed by atoms with Crippen molar-refractivity contribution in [2.45, 2.75) is 25.7 Å². The Hall–Kier alpha value is -2.81. The standard InChI is InChI=1S/C15H15N5O/c1-8-3-2-4-11(10(8)7-16)18-15(21)14-12(17)13(19-20-14)9-5-6-9/h2-4,9H,5-6,17H2,1H3,(H,18,21)(H,19,20). The molecule has 1 aromatic heterocycles. The van der Waals surface area contributed by atoms with Gasteiger partial charge in [-0.25, -0.2) is 0 Å². The molecule has 1 fully saturated rings. The lowest BCUT2D eigenvalue weighted by molar-refractivity contribution is 0.102. The fourth-order valence-corrected chi connectivity index (χ4v) is 2.32. The van der Waals surface area contributed by atoms with Crippen molar-refractivity contribution in [3.05, 3.63) is 40.7 Å². The van der Waals surface area contributed by atoms with Gasteiger partial charge in [-0.15, -0.1) is 0 Å². The number of nitriles is 1. The number of nitrogens with two attached hydrogens (primary N) is 1. The summed E-state index contributed by atoms with van der Waals surface area (Å²) in [6.45, 7) is 1.82. The van der Waals surface area contributed by atoms with Crippen LogP contribution < -0.4 is 11.1 Å². The maximum atomic E-state index is 12.3. The molecule has 2 aromatic rings. The first kappa shape index (κ1) is 13.2. The van der Waals surface area contributed by atoms with E-state index in [2.05, 4.69) is 21.6 Å². The van der Waals surface area contributed by atoms with Crippen LogP contribution >= 0.6 is 0 Å². The Labute approximate surface area is 122 Å². The smallest absolute Gasteiger partial charge is 0.278 e. The first-order chi connectivity index (χ1) is 10.1. The third kappa shape index (κ3) is 2.34. The Kier molecular flexibility index (Phi) is 3.10. The van der Waals surface area contributed by atoms with E-state index in [0.29, 0.717) is 22.9 Å². The van der Waals surface area contributed by atoms with Crippen LogP contribution in [0.3, 0.4) is 0 Å². The summed E-state index contributed by atoms with van der Waals surface area (Å²) in [5.74, 6) is -0.00885. The Morgan fingerprint density at radius 1 is 1.52 bits per heavy atom. The van der Waals surface area contributed by atoms with Gasteiger partial charge in [0.1, 0.15) is 6.07 Å². The summed E-state index contributed by atoms with van der Waals surface area (Å²) in [6, 6.07) is 7.39. The van der Waals surface area contributed by atoms with Crippen LogP contribution in [0.1, 0.15) is 46.1 Å². The summed E-state index contributed by atoms with van der Waals surface area (Å²) in [5, 5.41) is 18.7. The van der Waals surface area contributed by atoms with E-state index in [4.69, 9.17) is 5.73 Å². The predicted molar refractivity (Wildman–Crippen MR) is 78.8 cm³/mol. The number of rotatable bonds is 3. The van der Waals surface area contributed by atoms with Crippen LogP contribution in [0.4, 0.5) is 11.4 Å². The largest absolute Gasteiger partial charge is 0.395 e. The number of anilines is 2. The zero-order valence-electron chi connectivity index (χ0n) is 11.6. The van der Waals surface area contributed by atoms with E-state index in [9.17, 15) is 10.1 Å². The number of nitrogens with zero attached hydrogens (tertiary/aromatic N) is 2. The minimum Gasteiger partial charge on any atom is -0.395 e. The van der Waals surface area contributed by atoms with Crippen LogP contribution in [-0.2, 0) is 0 Å². The van der Waals surface area contributed by atoms with Gasteiger partial charge < -0.3 is 11.1 Å². The van der Waals surface area contributed by atoms with Crippen molar-refractivity contribution in [3.63, 3.8) is 0 Å². The van der Waals surface area contributed by atoms with Gasteiger partial charge in [0.05, 0.1) is 22.6 Å². The highest BCUT2D eigenvalue weighted by Crippen LogP contribution is 2.42. The lowest BCUT2D eigenvalue weighted by Gasteiger charge is -2.07. The molecule has 1 heterocycles. The van der Waals surface area contributed by atoms with Crippen LogP contribution in [0.2, 0.25) is 0 Å². The highest BCUT2D eigenvalue weighted by molar-refractivity contribution is 6.07. The molecule has 6 heteroatoms. The highest BCUT2D eigenvalue weighted by atomic mass is 16.2. The molecule has 0 bridgehead atoms. The Bertz CT molecular complexity index is 752. The summed E-state index contributed by atoms with van der Waals surface area (Å²) < 4.78 is 0. The van der Waals surface area contributed by atoms with Crippen molar-refractivity contribution in [1.82, 2.24) is 10.2 Å². The van der Waals surface area contributed by atoms with E-state index >= 15 is 0 Å². The van der Waals surface area contributed by atoms with Crippen molar-refractivity contribution in [3.8, 4) is 6.07 Å². The zero-order chi connectivity index (χ0) is 15.0. The number of carbonyl (C=O) groups is 1. The van der Waals surface area contributed by atoms with E-state index in [1.165, 1.54) is 0 Å². The minimum atomic E-state index is -0.405. The number of nitrogens with one attached hydrogen (secondary N) is 2. The molecule has 106 valence electrons. The molecule has 3 rings (SSSR count). The number of aromatic amines is 1. The van der Waals surface area contributed by atoms with Crippen LogP contribution in [0, 0.1) is 18.3 Å². The Balaban J connectivity index is 1.87. The molecule has 6 nitrogen and oxygen atoms in total. The van der Waals surface area contributed by atoms with Gasteiger partial charge in [0.2, 0.25) is 0 Å². The minimum absolute atomic E-state index is 0.183. The summed E-state index contributed by atoms with van der Waals surface area (Å²) in [7, 11) is 0. The second kappa shape index (κ2) is 4.94. The number of hydrogen-bond donors (Lipinski definition) is 3. The first-order valence-electron chi connectivity index (χ1n) is 6.76. The van der Waals surface area contributed by atoms with Gasteiger partial charge in [-0.1, -0.05) is 12.1 Å². The van der Waals surface area contributed by atoms with Crippen molar-refractivity contribution in [2.24, 2.45) is 0 Å². The molecule has 0 atom stereocenters. The maximum absolute atomic E-state index is 12.3. The fraction of sp³-hybridized carbons (Fsp3) is 0.267. The number of benzene rings is 1. The highest BCUT2D eigenvalue weighted by Gasteiger charge is 2.30. The van der Waals surface area contributed by atoms with E-state index < -0.39 is 5.91 Å². The zero-order valence-corrected chi connectivity index (χ0v) is 11.6. The van der Waals surface area contributed by atoms with Crippen LogP contribution in [-0.4, -0.2) is 16.1 Å². The third-order valence-electron chi connectivity index (χ3n) is 3.67. The van der Waals surface area contributed by atoms with E-state index in [1.54, 1.807) is 12.1 Å². The molecule has 0 saturated heterocycles. The molecule has 1 aliphatic rings. The summed E-state index contributed by atoms with van der Waals surface area (Å²) in [5.41, 5.74) is 9.13. The molecular formula is C15H15N5O. The quantitative estimate of drug-likeness (QED) is 0.802. The van der Waals surface area contributed by atoms with Gasteiger partial charge in [0, 0.05) is 5.92 Å². The van der Waals surface area contributed by atoms with E-state index in [1.807, 2.05) is 13.0 Å². The third-order valence-corrected chi connectivity index (χ3v) is 3.67. The molecule has 4 N–H and O–H groups in total. The van der Waals surface area contributed by atoms with Crippen molar-refractivity contribution in [2.75, 3.05) is 11.1 Å². The number of amides is 1. The van der Waals surface area contributed by atoms with Gasteiger partial charge in [-0.3, -0.25) is 9.89 Å². The number of nitrogen functional groups attached to an aromatic ring is 1. The molecule has 1 aromatic carbocycles. The number of hydrogen-bond acceptors (Lipinski definition) is 4. The maximum Gasteiger partial charge on any atom is 0.278 e. The van der Waals surface area contributed by atoms with Crippen LogP contribution in [0.5, 0.6) is 0 Å². The Morgan fingerprint density at radius 2 is 2.29 bits per heavy atom. The van der Waals surface area contributed by atoms with Gasteiger partial charge >= 0.3 is 0 Å². The lowest BCUT2D eigenvalue weighted by Crippen LogP contribution is -2.15. The molecule has 0 unspecified atom stereocenters. The lowest BCUT2D eigenvalue weighted by atomic mass is 10.1. The topological polar surface area (TPSA) is 108 Å². The molecule has 1 aliphatic carbocycles. The average molecular weight is 281 g/mol. The first-order valence-corrected chi connectivity index (χ1v) is 6.76. The molecule has 21 heavy (non-hydrogen) atoms. The molecule has 0 spiro atoms. The number of H-pyrrole nitrogens is 1. The van der Waals surface area contributed by atoms with Crippen molar-refractivity contribution < 1.29 is 4.79 Å². The molecule has 0 aliphatic heterocycles. The summed E-state index contributed by atoms with van der Waals surface area (Å²) >= 11 is 0. The van der Waals surface area contributed by atoms with Crippen molar-refractivity contribution in [1.29, 1.82) is 5.26 Å². The van der Waals surface area contributed by atoms with Gasteiger partial charge in [0.15, 0.2) is 5.69 Å². The number of aryl methyl sites for hydroxylation is 1. The molecular weight excluding hydrogens is 266 g/mol. The van der Waals surface area contributed by atoms with Crippen LogP contribution in [0.25, 0.3) is 0 Å². The fourth-order valence-electron chi connectivity index (χ4n) is 2.32. The van der Waals surface area contributed by atoms with E-state index in [-0.39, 0.29) is 5.69 Å². The van der Waals surface area contributed by atoms with Gasteiger partial charge in [-0.2, -0.15) is 10.4 Å². The van der Waals surface area contributed by atoms with Gasteiger partial charge in [0.25, 0.3) is 5.91 Å². The van der Waals surface area contributed by atoms with Gasteiger partial charge in [-0.05, 0) is 31.4 Å². The normalized spacial score (nSPS) is 13.7. The molecule has 1 saturated carbocycles. The molecule has 0 radical (unpaired) electrons. The second-order valence-electron chi connectivity index (χ2n) is 5.24. The number of carbonyl (C=O) groups excluding carboxylic acids is 1. The Morgan fingerprint density at radius 3 is 2.95 bits per heavy atom. The summed E-state index contributed by atoms with van der Waals surface area (Å²) in [6.07, 6.45) is 2.15. The molecule has 1 amide bonds. The second-order valence-corrected chi connectivity index (χ2v) is 5.24. The summed E-state index contributed by atoms with van der Waals surface area (Å²) in [4.78, 5) is 12.3. The average Bonchev–Trinajstić information content (AvgIpc) is 3.22. The van der Waals surface area contributed by atoms with Crippen LogP contribution in [0.15, 0.2) is 18.2 Å². The van der Waals surface area contributed by atoms with E-state index in [0.717, 1.165) is 24.1 Å². The van der Waals surface area contributed by atoms with Crippen molar-refractivity contribution >= 4 is 17.3 Å². The predicted octanol–water partition coefficient (Wildman–Crippen LogP) is 2.30.